The maximum atomic E-state index is 12.2. The summed E-state index contributed by atoms with van der Waals surface area (Å²) >= 11 is 0. The van der Waals surface area contributed by atoms with Gasteiger partial charge in [0.1, 0.15) is 0 Å². The predicted molar refractivity (Wildman–Crippen MR) is 107 cm³/mol. The Bertz CT molecular complexity index is 974. The molecule has 0 bridgehead atoms. The van der Waals surface area contributed by atoms with Crippen molar-refractivity contribution < 1.29 is 23.4 Å². The van der Waals surface area contributed by atoms with Gasteiger partial charge in [-0.2, -0.15) is 0 Å². The maximum absolute atomic E-state index is 12.2. The van der Waals surface area contributed by atoms with E-state index >= 15 is 0 Å². The molecule has 1 heterocycles. The van der Waals surface area contributed by atoms with Gasteiger partial charge in [-0.1, -0.05) is 35.4 Å². The summed E-state index contributed by atoms with van der Waals surface area (Å²) in [5.74, 6) is 1.48. The van der Waals surface area contributed by atoms with Crippen molar-refractivity contribution in [3.63, 3.8) is 0 Å². The molecule has 0 aliphatic carbocycles. The second kappa shape index (κ2) is 9.41. The minimum absolute atomic E-state index is 0.0375. The third-order valence-electron chi connectivity index (χ3n) is 4.01. The van der Waals surface area contributed by atoms with Crippen LogP contribution in [0.1, 0.15) is 17.0 Å². The summed E-state index contributed by atoms with van der Waals surface area (Å²) in [7, 11) is 4.58. The number of hydrogen-bond acceptors (Lipinski definition) is 7. The van der Waals surface area contributed by atoms with Gasteiger partial charge < -0.3 is 18.6 Å². The Morgan fingerprint density at radius 3 is 2.34 bits per heavy atom. The number of methoxy groups -OCH3 is 3. The fourth-order valence-electron chi connectivity index (χ4n) is 2.66. The number of hydrogen-bond donors (Lipinski definition) is 1. The van der Waals surface area contributed by atoms with E-state index < -0.39 is 5.91 Å². The number of ether oxygens (including phenoxy) is 3. The molecule has 0 atom stereocenters. The lowest BCUT2D eigenvalue weighted by atomic mass is 10.1. The van der Waals surface area contributed by atoms with Gasteiger partial charge in [0, 0.05) is 6.08 Å². The fraction of sp³-hybridized carbons (Fsp3) is 0.190. The Hall–Kier alpha value is -3.81. The molecule has 1 aromatic heterocycles. The zero-order chi connectivity index (χ0) is 20.6. The number of anilines is 1. The number of nitrogens with one attached hydrogen (secondary N) is 1. The fourth-order valence-corrected chi connectivity index (χ4v) is 2.66. The lowest BCUT2D eigenvalue weighted by Gasteiger charge is -2.12. The number of rotatable bonds is 8. The SMILES string of the molecule is COc1cc(/C=C/C(=O)Nc2nnc(Cc3ccccc3)o2)cc(OC)c1OC. The van der Waals surface area contributed by atoms with E-state index in [0.717, 1.165) is 5.56 Å². The predicted octanol–water partition coefficient (Wildman–Crippen LogP) is 3.34. The third-order valence-corrected chi connectivity index (χ3v) is 4.01. The molecular formula is C21H21N3O5. The number of benzene rings is 2. The van der Waals surface area contributed by atoms with Gasteiger partial charge in [0.25, 0.3) is 5.91 Å². The normalized spacial score (nSPS) is 10.7. The van der Waals surface area contributed by atoms with Crippen molar-refractivity contribution in [2.75, 3.05) is 26.6 Å². The van der Waals surface area contributed by atoms with E-state index in [1.165, 1.54) is 27.4 Å². The van der Waals surface area contributed by atoms with Crippen molar-refractivity contribution in [3.05, 3.63) is 65.6 Å². The number of aromatic nitrogens is 2. The van der Waals surface area contributed by atoms with Gasteiger partial charge in [0.15, 0.2) is 11.5 Å². The molecule has 29 heavy (non-hydrogen) atoms. The Balaban J connectivity index is 1.66. The van der Waals surface area contributed by atoms with Crippen molar-refractivity contribution >= 4 is 18.0 Å². The molecule has 1 amide bonds. The summed E-state index contributed by atoms with van der Waals surface area (Å²) in [6.07, 6.45) is 3.45. The van der Waals surface area contributed by atoms with E-state index in [1.807, 2.05) is 30.3 Å². The Kier molecular flexibility index (Phi) is 6.47. The number of amides is 1. The molecule has 0 saturated carbocycles. The van der Waals surface area contributed by atoms with Crippen LogP contribution >= 0.6 is 0 Å². The Morgan fingerprint density at radius 1 is 1.03 bits per heavy atom. The molecule has 0 saturated heterocycles. The van der Waals surface area contributed by atoms with Crippen molar-refractivity contribution in [2.24, 2.45) is 0 Å². The second-order valence-electron chi connectivity index (χ2n) is 5.94. The largest absolute Gasteiger partial charge is 0.493 e. The van der Waals surface area contributed by atoms with Crippen LogP contribution in [0.4, 0.5) is 6.01 Å². The van der Waals surface area contributed by atoms with E-state index in [1.54, 1.807) is 18.2 Å². The van der Waals surface area contributed by atoms with Gasteiger partial charge in [-0.05, 0) is 29.3 Å². The van der Waals surface area contributed by atoms with Gasteiger partial charge in [-0.15, -0.1) is 5.10 Å². The third kappa shape index (κ3) is 5.13. The monoisotopic (exact) mass is 395 g/mol. The van der Waals surface area contributed by atoms with E-state index in [4.69, 9.17) is 18.6 Å². The summed E-state index contributed by atoms with van der Waals surface area (Å²) in [5, 5.41) is 10.3. The van der Waals surface area contributed by atoms with Crippen LogP contribution in [0.15, 0.2) is 53.0 Å². The molecular weight excluding hydrogens is 374 g/mol. The Labute approximate surface area is 168 Å². The summed E-state index contributed by atoms with van der Waals surface area (Å²) in [5.41, 5.74) is 1.74. The smallest absolute Gasteiger partial charge is 0.322 e. The highest BCUT2D eigenvalue weighted by Crippen LogP contribution is 2.38. The first kappa shape index (κ1) is 19.9. The lowest BCUT2D eigenvalue weighted by molar-refractivity contribution is -0.112. The van der Waals surface area contributed by atoms with Gasteiger partial charge in [0.05, 0.1) is 27.8 Å². The van der Waals surface area contributed by atoms with Crippen LogP contribution in [0.5, 0.6) is 17.2 Å². The second-order valence-corrected chi connectivity index (χ2v) is 5.94. The standard InChI is InChI=1S/C21H21N3O5/c1-26-16-11-15(12-17(27-2)20(16)28-3)9-10-18(25)22-21-24-23-19(29-21)13-14-7-5-4-6-8-14/h4-12H,13H2,1-3H3,(H,22,24,25)/b10-9+. The average molecular weight is 395 g/mol. The molecule has 0 fully saturated rings. The van der Waals surface area contributed by atoms with Crippen LogP contribution < -0.4 is 19.5 Å². The van der Waals surface area contributed by atoms with Gasteiger partial charge in [-0.3, -0.25) is 10.1 Å². The minimum Gasteiger partial charge on any atom is -0.493 e. The first-order chi connectivity index (χ1) is 14.1. The topological polar surface area (TPSA) is 95.7 Å². The van der Waals surface area contributed by atoms with E-state index in [2.05, 4.69) is 15.5 Å². The summed E-state index contributed by atoms with van der Waals surface area (Å²) < 4.78 is 21.4. The van der Waals surface area contributed by atoms with Crippen molar-refractivity contribution in [2.45, 2.75) is 6.42 Å². The van der Waals surface area contributed by atoms with E-state index in [-0.39, 0.29) is 6.01 Å². The number of nitrogens with zero attached hydrogens (tertiary/aromatic N) is 2. The number of carbonyl (C=O) groups excluding carboxylic acids is 1. The van der Waals surface area contributed by atoms with Crippen molar-refractivity contribution in [3.8, 4) is 17.2 Å². The van der Waals surface area contributed by atoms with Gasteiger partial charge >= 0.3 is 6.01 Å². The maximum Gasteiger partial charge on any atom is 0.322 e. The van der Waals surface area contributed by atoms with Crippen LogP contribution in [0, 0.1) is 0 Å². The molecule has 150 valence electrons. The number of carbonyl (C=O) groups is 1. The van der Waals surface area contributed by atoms with Crippen LogP contribution in [0.25, 0.3) is 6.08 Å². The quantitative estimate of drug-likeness (QED) is 0.585. The van der Waals surface area contributed by atoms with Gasteiger partial charge in [-0.25, -0.2) is 0 Å². The zero-order valence-electron chi connectivity index (χ0n) is 16.3. The van der Waals surface area contributed by atoms with Crippen molar-refractivity contribution in [1.29, 1.82) is 0 Å². The summed E-state index contributed by atoms with van der Waals surface area (Å²) in [6.45, 7) is 0. The van der Waals surface area contributed by atoms with Crippen molar-refractivity contribution in [1.82, 2.24) is 10.2 Å². The first-order valence-electron chi connectivity index (χ1n) is 8.78. The molecule has 3 rings (SSSR count). The highest BCUT2D eigenvalue weighted by atomic mass is 16.5. The zero-order valence-corrected chi connectivity index (χ0v) is 16.3. The van der Waals surface area contributed by atoms with Crippen LogP contribution in [0.3, 0.4) is 0 Å². The molecule has 0 unspecified atom stereocenters. The molecule has 0 aliphatic rings. The highest BCUT2D eigenvalue weighted by molar-refractivity contribution is 6.00. The van der Waals surface area contributed by atoms with E-state index in [9.17, 15) is 4.79 Å². The molecule has 1 N–H and O–H groups in total. The Morgan fingerprint density at radius 2 is 1.72 bits per heavy atom. The van der Waals surface area contributed by atoms with Gasteiger partial charge in [0.2, 0.25) is 11.6 Å². The lowest BCUT2D eigenvalue weighted by Crippen LogP contribution is -2.07. The summed E-state index contributed by atoms with van der Waals surface area (Å²) in [6, 6.07) is 13.2. The van der Waals surface area contributed by atoms with Crippen LogP contribution in [0.2, 0.25) is 0 Å². The average Bonchev–Trinajstić information content (AvgIpc) is 3.18. The minimum atomic E-state index is -0.409. The van der Waals surface area contributed by atoms with E-state index in [0.29, 0.717) is 35.1 Å². The molecule has 0 aliphatic heterocycles. The van der Waals surface area contributed by atoms with Crippen LogP contribution in [-0.4, -0.2) is 37.4 Å². The molecule has 2 aromatic carbocycles. The molecule has 8 nitrogen and oxygen atoms in total. The molecule has 0 radical (unpaired) electrons. The summed E-state index contributed by atoms with van der Waals surface area (Å²) in [4.78, 5) is 12.2. The molecule has 3 aromatic rings. The molecule has 8 heteroatoms. The molecule has 0 spiro atoms. The van der Waals surface area contributed by atoms with Crippen LogP contribution in [-0.2, 0) is 11.2 Å². The first-order valence-corrected chi connectivity index (χ1v) is 8.78. The highest BCUT2D eigenvalue weighted by Gasteiger charge is 2.13.